The second kappa shape index (κ2) is 11.3. The lowest BCUT2D eigenvalue weighted by Gasteiger charge is -2.20. The number of rotatable bonds is 4. The quantitative estimate of drug-likeness (QED) is 0.192. The zero-order chi connectivity index (χ0) is 34.1. The number of nitrogens with zero attached hydrogens (tertiary/aromatic N) is 4. The van der Waals surface area contributed by atoms with Crippen molar-refractivity contribution in [3.63, 3.8) is 0 Å². The van der Waals surface area contributed by atoms with Crippen LogP contribution in [0.5, 0.6) is 0 Å². The molecule has 238 valence electrons. The number of hydrogen-bond acceptors (Lipinski definition) is 2. The van der Waals surface area contributed by atoms with E-state index in [0.717, 1.165) is 56.0 Å². The summed E-state index contributed by atoms with van der Waals surface area (Å²) in [6.07, 6.45) is 0. The summed E-state index contributed by atoms with van der Waals surface area (Å²) < 4.78 is 4.76. The van der Waals surface area contributed by atoms with Gasteiger partial charge in [-0.15, -0.1) is 0 Å². The standard InChI is InChI=1S/C46H34N4/c1-28-13-17-34-35-18-14-29(2)22-42(35)49(41(34)21-28)45-25-33(27-47)38(40-12-8-11-39(48-40)32-9-6-5-7-10-32)26-46(45)50-43-23-30(3)15-19-36(43)37-20-16-31(4)24-44(37)50/h5-26H,1-4H3. The number of pyridine rings is 1. The molecule has 0 saturated heterocycles. The van der Waals surface area contributed by atoms with E-state index in [4.69, 9.17) is 4.98 Å². The fourth-order valence-electron chi connectivity index (χ4n) is 7.59. The molecule has 0 atom stereocenters. The molecule has 0 saturated carbocycles. The third-order valence-corrected chi connectivity index (χ3v) is 9.97. The van der Waals surface area contributed by atoms with Crippen LogP contribution in [0, 0.1) is 39.0 Å². The Hall–Kier alpha value is -6.44. The highest BCUT2D eigenvalue weighted by Gasteiger charge is 2.23. The van der Waals surface area contributed by atoms with E-state index < -0.39 is 0 Å². The van der Waals surface area contributed by atoms with Crippen molar-refractivity contribution in [2.75, 3.05) is 0 Å². The Labute approximate surface area is 291 Å². The van der Waals surface area contributed by atoms with E-state index in [1.807, 2.05) is 36.4 Å². The molecular formula is C46H34N4. The number of benzene rings is 6. The third kappa shape index (κ3) is 4.63. The first-order valence-electron chi connectivity index (χ1n) is 17.0. The normalized spacial score (nSPS) is 11.6. The van der Waals surface area contributed by atoms with Gasteiger partial charge in [-0.1, -0.05) is 84.9 Å². The molecule has 9 aromatic rings. The maximum Gasteiger partial charge on any atom is 0.0999 e. The van der Waals surface area contributed by atoms with Gasteiger partial charge in [-0.05, 0) is 98.5 Å². The van der Waals surface area contributed by atoms with Gasteiger partial charge in [-0.25, -0.2) is 4.98 Å². The number of fused-ring (bicyclic) bond motifs is 6. The number of aromatic nitrogens is 3. The predicted octanol–water partition coefficient (Wildman–Crippen LogP) is 11.7. The van der Waals surface area contributed by atoms with Crippen molar-refractivity contribution in [3.05, 3.63) is 161 Å². The van der Waals surface area contributed by atoms with Crippen LogP contribution in [0.25, 0.3) is 77.5 Å². The predicted molar refractivity (Wildman–Crippen MR) is 207 cm³/mol. The first-order chi connectivity index (χ1) is 24.4. The van der Waals surface area contributed by atoms with E-state index in [1.165, 1.54) is 43.8 Å². The largest absolute Gasteiger partial charge is 0.307 e. The molecule has 3 aromatic heterocycles. The van der Waals surface area contributed by atoms with Gasteiger partial charge in [0.2, 0.25) is 0 Å². The maximum atomic E-state index is 10.8. The average molecular weight is 643 g/mol. The third-order valence-electron chi connectivity index (χ3n) is 9.97. The first kappa shape index (κ1) is 29.7. The molecule has 9 rings (SSSR count). The molecule has 4 nitrogen and oxygen atoms in total. The van der Waals surface area contributed by atoms with Crippen LogP contribution in [0.1, 0.15) is 27.8 Å². The molecule has 0 radical (unpaired) electrons. The molecule has 0 aliphatic heterocycles. The van der Waals surface area contributed by atoms with Crippen molar-refractivity contribution in [3.8, 4) is 40.0 Å². The highest BCUT2D eigenvalue weighted by Crippen LogP contribution is 2.41. The minimum Gasteiger partial charge on any atom is -0.307 e. The van der Waals surface area contributed by atoms with Crippen LogP contribution in [-0.2, 0) is 0 Å². The summed E-state index contributed by atoms with van der Waals surface area (Å²) in [7, 11) is 0. The molecule has 0 aliphatic carbocycles. The highest BCUT2D eigenvalue weighted by atomic mass is 15.1. The SMILES string of the molecule is Cc1ccc2c3ccc(C)cc3n(-c3cc(C#N)c(-c4cccc(-c5ccccc5)n4)cc3-n3c4cc(C)ccc4c4ccc(C)cc43)c2c1. The van der Waals surface area contributed by atoms with Crippen molar-refractivity contribution in [1.29, 1.82) is 5.26 Å². The Balaban J connectivity index is 1.46. The summed E-state index contributed by atoms with van der Waals surface area (Å²) in [6.45, 7) is 8.58. The molecular weight excluding hydrogens is 609 g/mol. The van der Waals surface area contributed by atoms with Crippen LogP contribution < -0.4 is 0 Å². The fourth-order valence-corrected chi connectivity index (χ4v) is 7.59. The molecule has 4 heteroatoms. The summed E-state index contributed by atoms with van der Waals surface area (Å²) in [5.74, 6) is 0. The number of hydrogen-bond donors (Lipinski definition) is 0. The lowest BCUT2D eigenvalue weighted by molar-refractivity contribution is 1.09. The summed E-state index contributed by atoms with van der Waals surface area (Å²) in [6, 6.07) is 49.9. The molecule has 0 fully saturated rings. The highest BCUT2D eigenvalue weighted by molar-refractivity contribution is 6.12. The summed E-state index contributed by atoms with van der Waals surface area (Å²) in [5, 5.41) is 15.6. The van der Waals surface area contributed by atoms with E-state index in [-0.39, 0.29) is 0 Å². The van der Waals surface area contributed by atoms with E-state index in [9.17, 15) is 5.26 Å². The zero-order valence-corrected chi connectivity index (χ0v) is 28.5. The summed E-state index contributed by atoms with van der Waals surface area (Å²) in [5.41, 5.74) is 15.2. The van der Waals surface area contributed by atoms with Crippen molar-refractivity contribution >= 4 is 43.6 Å². The molecule has 0 unspecified atom stereocenters. The fraction of sp³-hybridized carbons (Fsp3) is 0.0870. The van der Waals surface area contributed by atoms with E-state index in [1.54, 1.807) is 0 Å². The van der Waals surface area contributed by atoms with E-state index in [0.29, 0.717) is 5.56 Å². The van der Waals surface area contributed by atoms with Gasteiger partial charge in [-0.2, -0.15) is 5.26 Å². The van der Waals surface area contributed by atoms with Crippen molar-refractivity contribution < 1.29 is 0 Å². The Morgan fingerprint density at radius 2 is 0.900 bits per heavy atom. The lowest BCUT2D eigenvalue weighted by atomic mass is 10.0. The molecule has 0 amide bonds. The van der Waals surface area contributed by atoms with Gasteiger partial charge in [-0.3, -0.25) is 0 Å². The molecule has 6 aromatic carbocycles. The number of aryl methyl sites for hydroxylation is 4. The Kier molecular flexibility index (Phi) is 6.72. The van der Waals surface area contributed by atoms with Gasteiger partial charge in [0, 0.05) is 32.7 Å². The van der Waals surface area contributed by atoms with Crippen molar-refractivity contribution in [2.24, 2.45) is 0 Å². The van der Waals surface area contributed by atoms with Gasteiger partial charge >= 0.3 is 0 Å². The molecule has 0 N–H and O–H groups in total. The Bertz CT molecular complexity index is 2740. The first-order valence-corrected chi connectivity index (χ1v) is 17.0. The molecule has 3 heterocycles. The smallest absolute Gasteiger partial charge is 0.0999 e. The molecule has 0 aliphatic rings. The Morgan fingerprint density at radius 1 is 0.460 bits per heavy atom. The van der Waals surface area contributed by atoms with Crippen LogP contribution in [-0.4, -0.2) is 14.1 Å². The van der Waals surface area contributed by atoms with Gasteiger partial charge in [0.05, 0.1) is 56.5 Å². The average Bonchev–Trinajstić information content (AvgIpc) is 3.61. The molecule has 0 bridgehead atoms. The van der Waals surface area contributed by atoms with Gasteiger partial charge in [0.25, 0.3) is 0 Å². The lowest BCUT2D eigenvalue weighted by Crippen LogP contribution is -2.06. The van der Waals surface area contributed by atoms with Gasteiger partial charge < -0.3 is 9.13 Å². The monoisotopic (exact) mass is 642 g/mol. The topological polar surface area (TPSA) is 46.5 Å². The van der Waals surface area contributed by atoms with Gasteiger partial charge in [0.15, 0.2) is 0 Å². The number of nitriles is 1. The Morgan fingerprint density at radius 3 is 1.36 bits per heavy atom. The summed E-state index contributed by atoms with van der Waals surface area (Å²) >= 11 is 0. The molecule has 0 spiro atoms. The summed E-state index contributed by atoms with van der Waals surface area (Å²) in [4.78, 5) is 5.15. The van der Waals surface area contributed by atoms with E-state index in [2.05, 4.69) is 140 Å². The molecule has 50 heavy (non-hydrogen) atoms. The van der Waals surface area contributed by atoms with Crippen molar-refractivity contribution in [2.45, 2.75) is 27.7 Å². The maximum absolute atomic E-state index is 10.8. The van der Waals surface area contributed by atoms with Crippen LogP contribution in [0.2, 0.25) is 0 Å². The van der Waals surface area contributed by atoms with Gasteiger partial charge in [0.1, 0.15) is 0 Å². The van der Waals surface area contributed by atoms with Crippen LogP contribution >= 0.6 is 0 Å². The minimum absolute atomic E-state index is 0.574. The second-order valence-corrected chi connectivity index (χ2v) is 13.5. The van der Waals surface area contributed by atoms with E-state index >= 15 is 0 Å². The zero-order valence-electron chi connectivity index (χ0n) is 28.5. The minimum atomic E-state index is 0.574. The second-order valence-electron chi connectivity index (χ2n) is 13.5. The van der Waals surface area contributed by atoms with Crippen LogP contribution in [0.3, 0.4) is 0 Å². The van der Waals surface area contributed by atoms with Crippen molar-refractivity contribution in [1.82, 2.24) is 14.1 Å². The van der Waals surface area contributed by atoms with Crippen LogP contribution in [0.15, 0.2) is 133 Å². The van der Waals surface area contributed by atoms with Crippen LogP contribution in [0.4, 0.5) is 0 Å².